The number of aliphatic carboxylic acids is 1. The molecule has 0 aliphatic heterocycles. The summed E-state index contributed by atoms with van der Waals surface area (Å²) in [4.78, 5) is 14.5. The summed E-state index contributed by atoms with van der Waals surface area (Å²) < 4.78 is 55.7. The summed E-state index contributed by atoms with van der Waals surface area (Å²) in [6.45, 7) is 0. The Morgan fingerprint density at radius 1 is 1.03 bits per heavy atom. The van der Waals surface area contributed by atoms with E-state index < -0.39 is 38.3 Å². The number of nitrogens with zero attached hydrogens (tertiary/aromatic N) is 1. The van der Waals surface area contributed by atoms with E-state index in [1.165, 1.54) is 30.3 Å². The molecule has 10 heteroatoms. The van der Waals surface area contributed by atoms with E-state index in [1.54, 1.807) is 0 Å². The Balaban J connectivity index is 2.30. The van der Waals surface area contributed by atoms with Gasteiger partial charge in [-0.3, -0.25) is 4.98 Å². The topological polar surface area (TPSA) is 84.3 Å². The second-order valence-electron chi connectivity index (χ2n) is 6.35. The van der Waals surface area contributed by atoms with Crippen LogP contribution < -0.4 is 0 Å². The third-order valence-electron chi connectivity index (χ3n) is 4.28. The van der Waals surface area contributed by atoms with Crippen LogP contribution in [0.15, 0.2) is 65.7 Å². The van der Waals surface area contributed by atoms with Crippen LogP contribution in [0, 0.1) is 11.6 Å². The lowest BCUT2D eigenvalue weighted by molar-refractivity contribution is -0.131. The van der Waals surface area contributed by atoms with Crippen molar-refractivity contribution in [3.05, 3.63) is 99.3 Å². The Bertz CT molecular complexity index is 1280. The van der Waals surface area contributed by atoms with E-state index in [0.29, 0.717) is 0 Å². The number of hydrogen-bond acceptors (Lipinski definition) is 4. The number of sulfone groups is 1. The fourth-order valence-electron chi connectivity index (χ4n) is 2.90. The van der Waals surface area contributed by atoms with Gasteiger partial charge in [0, 0.05) is 22.9 Å². The molecule has 0 radical (unpaired) electrons. The molecule has 5 nitrogen and oxygen atoms in total. The summed E-state index contributed by atoms with van der Waals surface area (Å²) in [5, 5.41) is 7.24. The molecule has 3 rings (SSSR count). The van der Waals surface area contributed by atoms with Crippen LogP contribution in [0.4, 0.5) is 8.78 Å². The lowest BCUT2D eigenvalue weighted by Crippen LogP contribution is -2.18. The highest BCUT2D eigenvalue weighted by atomic mass is 35.5. The highest BCUT2D eigenvalue weighted by molar-refractivity contribution is 7.92. The first kappa shape index (κ1) is 22.9. The second-order valence-corrected chi connectivity index (χ2v) is 9.22. The molecule has 1 atom stereocenters. The maximum absolute atomic E-state index is 14.7. The smallest absolute Gasteiger partial charge is 0.328 e. The Hall–Kier alpha value is -2.81. The van der Waals surface area contributed by atoms with Crippen molar-refractivity contribution < 1.29 is 27.1 Å². The molecule has 1 heterocycles. The number of hydrogen-bond donors (Lipinski definition) is 1. The van der Waals surface area contributed by atoms with E-state index in [0.717, 1.165) is 36.5 Å². The number of carboxylic acids is 1. The largest absolute Gasteiger partial charge is 0.478 e. The minimum absolute atomic E-state index is 0.0647. The fourth-order valence-corrected chi connectivity index (χ4v) is 5.13. The number of carbonyl (C=O) groups is 1. The van der Waals surface area contributed by atoms with Gasteiger partial charge in [0.15, 0.2) is 9.84 Å². The average Bonchev–Trinajstić information content (AvgIpc) is 2.71. The zero-order valence-electron chi connectivity index (χ0n) is 15.5. The van der Waals surface area contributed by atoms with Gasteiger partial charge in [-0.1, -0.05) is 23.2 Å². The summed E-state index contributed by atoms with van der Waals surface area (Å²) in [6, 6.07) is 8.84. The van der Waals surface area contributed by atoms with E-state index in [-0.39, 0.29) is 26.2 Å². The normalized spacial score (nSPS) is 12.8. The fraction of sp³-hybridized carbons (Fsp3) is 0.0476. The van der Waals surface area contributed by atoms with Crippen LogP contribution >= 0.6 is 23.2 Å². The average molecular weight is 484 g/mol. The van der Waals surface area contributed by atoms with Crippen LogP contribution in [-0.4, -0.2) is 24.5 Å². The van der Waals surface area contributed by atoms with Gasteiger partial charge in [-0.2, -0.15) is 0 Å². The van der Waals surface area contributed by atoms with Crippen molar-refractivity contribution in [1.29, 1.82) is 0 Å². The van der Waals surface area contributed by atoms with Gasteiger partial charge >= 0.3 is 5.97 Å². The van der Waals surface area contributed by atoms with Gasteiger partial charge in [0.1, 0.15) is 16.9 Å². The number of aromatic nitrogens is 1. The summed E-state index contributed by atoms with van der Waals surface area (Å²) >= 11 is 12.0. The third-order valence-corrected chi connectivity index (χ3v) is 6.90. The minimum atomic E-state index is -4.35. The van der Waals surface area contributed by atoms with Gasteiger partial charge in [0.05, 0.1) is 15.6 Å². The van der Waals surface area contributed by atoms with Crippen LogP contribution in [-0.2, 0) is 14.6 Å². The van der Waals surface area contributed by atoms with Gasteiger partial charge in [-0.15, -0.1) is 0 Å². The molecule has 0 spiro atoms. The molecular weight excluding hydrogens is 471 g/mol. The molecule has 0 amide bonds. The minimum Gasteiger partial charge on any atom is -0.478 e. The second kappa shape index (κ2) is 9.13. The molecular formula is C21H13Cl2F2NO4S. The molecule has 1 N–H and O–H groups in total. The quantitative estimate of drug-likeness (QED) is 0.479. The number of rotatable bonds is 6. The lowest BCUT2D eigenvalue weighted by atomic mass is 10.0. The number of benzene rings is 2. The molecule has 3 aromatic rings. The molecule has 1 aromatic heterocycles. The molecule has 0 aliphatic carbocycles. The van der Waals surface area contributed by atoms with Gasteiger partial charge < -0.3 is 5.11 Å². The van der Waals surface area contributed by atoms with Crippen molar-refractivity contribution in [2.24, 2.45) is 0 Å². The van der Waals surface area contributed by atoms with Gasteiger partial charge in [-0.25, -0.2) is 22.0 Å². The molecule has 0 saturated heterocycles. The molecule has 160 valence electrons. The molecule has 0 saturated carbocycles. The predicted octanol–water partition coefficient (Wildman–Crippen LogP) is 5.33. The van der Waals surface area contributed by atoms with Crippen LogP contribution in [0.5, 0.6) is 0 Å². The summed E-state index contributed by atoms with van der Waals surface area (Å²) in [5.41, 5.74) is -0.493. The zero-order valence-corrected chi connectivity index (χ0v) is 17.8. The monoisotopic (exact) mass is 483 g/mol. The summed E-state index contributed by atoms with van der Waals surface area (Å²) in [5.74, 6) is -3.05. The highest BCUT2D eigenvalue weighted by Crippen LogP contribution is 2.40. The number of halogens is 4. The Labute approximate surface area is 186 Å². The summed E-state index contributed by atoms with van der Waals surface area (Å²) in [6.07, 6.45) is 3.03. The molecule has 0 fully saturated rings. The molecule has 0 bridgehead atoms. The maximum atomic E-state index is 14.7. The van der Waals surface area contributed by atoms with Gasteiger partial charge in [-0.05, 0) is 60.2 Å². The summed E-state index contributed by atoms with van der Waals surface area (Å²) in [7, 11) is -4.35. The zero-order chi connectivity index (χ0) is 22.8. The van der Waals surface area contributed by atoms with Gasteiger partial charge in [0.2, 0.25) is 0 Å². The number of pyridine rings is 1. The van der Waals surface area contributed by atoms with Crippen molar-refractivity contribution in [1.82, 2.24) is 4.98 Å². The predicted molar refractivity (Wildman–Crippen MR) is 113 cm³/mol. The molecule has 0 aliphatic rings. The highest BCUT2D eigenvalue weighted by Gasteiger charge is 2.35. The molecule has 1 unspecified atom stereocenters. The Morgan fingerprint density at radius 2 is 1.71 bits per heavy atom. The molecule has 31 heavy (non-hydrogen) atoms. The van der Waals surface area contributed by atoms with Crippen molar-refractivity contribution >= 4 is 45.1 Å². The van der Waals surface area contributed by atoms with Crippen LogP contribution in [0.1, 0.15) is 22.1 Å². The van der Waals surface area contributed by atoms with Gasteiger partial charge in [0.25, 0.3) is 0 Å². The number of carboxylic acid groups (broad SMARTS) is 1. The lowest BCUT2D eigenvalue weighted by Gasteiger charge is -2.21. The van der Waals surface area contributed by atoms with E-state index in [2.05, 4.69) is 4.98 Å². The van der Waals surface area contributed by atoms with Crippen molar-refractivity contribution in [3.63, 3.8) is 0 Å². The van der Waals surface area contributed by atoms with E-state index in [9.17, 15) is 22.0 Å². The van der Waals surface area contributed by atoms with Crippen LogP contribution in [0.3, 0.4) is 0 Å². The third kappa shape index (κ3) is 5.10. The first-order valence-corrected chi connectivity index (χ1v) is 10.9. The van der Waals surface area contributed by atoms with E-state index in [4.69, 9.17) is 28.3 Å². The van der Waals surface area contributed by atoms with Crippen molar-refractivity contribution in [2.45, 2.75) is 10.1 Å². The van der Waals surface area contributed by atoms with Crippen LogP contribution in [0.25, 0.3) is 6.08 Å². The SMILES string of the molecule is O=C(O)C=Cc1cc(C(c2cc(F)ccc2F)S(=O)(=O)c2ccc(Cl)cc2)c(Cl)cn1. The molecule has 2 aromatic carbocycles. The Kier molecular flexibility index (Phi) is 6.74. The first-order chi connectivity index (χ1) is 14.6. The Morgan fingerprint density at radius 3 is 2.35 bits per heavy atom. The standard InChI is InChI=1S/C21H13Cl2F2NO4S/c22-12-1-5-15(6-2-12)31(29,30)21(17-9-13(24)3-7-19(17)25)16-10-14(4-8-20(27)28)26-11-18(16)23/h1-11,21H,(H,27,28). The van der Waals surface area contributed by atoms with Crippen molar-refractivity contribution in [3.8, 4) is 0 Å². The van der Waals surface area contributed by atoms with Crippen LogP contribution in [0.2, 0.25) is 10.0 Å². The van der Waals surface area contributed by atoms with E-state index in [1.807, 2.05) is 0 Å². The van der Waals surface area contributed by atoms with Crippen molar-refractivity contribution in [2.75, 3.05) is 0 Å². The first-order valence-electron chi connectivity index (χ1n) is 8.60. The van der Waals surface area contributed by atoms with E-state index >= 15 is 0 Å². The maximum Gasteiger partial charge on any atom is 0.328 e.